The second-order valence-corrected chi connectivity index (χ2v) is 7.78. The number of carbonyl (C=O) groups excluding carboxylic acids is 2. The van der Waals surface area contributed by atoms with Crippen molar-refractivity contribution in [3.8, 4) is 17.6 Å². The molecule has 0 saturated carbocycles. The van der Waals surface area contributed by atoms with Crippen molar-refractivity contribution < 1.29 is 28.2 Å². The molecule has 3 aromatic carbocycles. The summed E-state index contributed by atoms with van der Waals surface area (Å²) in [6, 6.07) is 17.0. The van der Waals surface area contributed by atoms with Crippen molar-refractivity contribution in [2.24, 2.45) is 0 Å². The van der Waals surface area contributed by atoms with Crippen molar-refractivity contribution in [2.45, 2.75) is 13.5 Å². The Labute approximate surface area is 212 Å². The summed E-state index contributed by atoms with van der Waals surface area (Å²) in [5.41, 5.74) is 1.58. The number of nitrogens with zero attached hydrogens (tertiary/aromatic N) is 1. The van der Waals surface area contributed by atoms with Crippen LogP contribution in [-0.2, 0) is 16.1 Å². The van der Waals surface area contributed by atoms with Gasteiger partial charge in [0, 0.05) is 5.69 Å². The molecule has 0 unspecified atom stereocenters. The average Bonchev–Trinajstić information content (AvgIpc) is 2.87. The zero-order valence-corrected chi connectivity index (χ0v) is 20.3. The van der Waals surface area contributed by atoms with Gasteiger partial charge in [-0.25, -0.2) is 9.18 Å². The lowest BCUT2D eigenvalue weighted by atomic mass is 10.1. The van der Waals surface area contributed by atoms with Crippen LogP contribution in [0.25, 0.3) is 6.08 Å². The molecule has 1 amide bonds. The smallest absolute Gasteiger partial charge is 0.337 e. The molecule has 0 heterocycles. The van der Waals surface area contributed by atoms with Crippen LogP contribution in [-0.4, -0.2) is 25.6 Å². The maximum Gasteiger partial charge on any atom is 0.337 e. The highest BCUT2D eigenvalue weighted by molar-refractivity contribution is 6.32. The summed E-state index contributed by atoms with van der Waals surface area (Å²) in [5, 5.41) is 12.4. The van der Waals surface area contributed by atoms with E-state index < -0.39 is 11.9 Å². The van der Waals surface area contributed by atoms with E-state index in [-0.39, 0.29) is 28.8 Å². The number of esters is 1. The molecule has 36 heavy (non-hydrogen) atoms. The van der Waals surface area contributed by atoms with E-state index in [9.17, 15) is 19.2 Å². The summed E-state index contributed by atoms with van der Waals surface area (Å²) >= 11 is 6.43. The molecule has 184 valence electrons. The Morgan fingerprint density at radius 3 is 2.50 bits per heavy atom. The van der Waals surface area contributed by atoms with Crippen molar-refractivity contribution in [1.29, 1.82) is 5.26 Å². The molecule has 7 nitrogen and oxygen atoms in total. The zero-order valence-electron chi connectivity index (χ0n) is 19.5. The van der Waals surface area contributed by atoms with Crippen LogP contribution in [0.5, 0.6) is 11.5 Å². The number of nitrogens with one attached hydrogen (secondary N) is 1. The number of benzene rings is 3. The Hall–Kier alpha value is -4.35. The monoisotopic (exact) mass is 508 g/mol. The van der Waals surface area contributed by atoms with Gasteiger partial charge in [0.25, 0.3) is 5.91 Å². The molecule has 1 N–H and O–H groups in total. The lowest BCUT2D eigenvalue weighted by molar-refractivity contribution is -0.112. The van der Waals surface area contributed by atoms with Gasteiger partial charge in [-0.3, -0.25) is 4.79 Å². The number of methoxy groups -OCH3 is 1. The normalized spacial score (nSPS) is 10.8. The minimum Gasteiger partial charge on any atom is -0.490 e. The summed E-state index contributed by atoms with van der Waals surface area (Å²) in [6.45, 7) is 2.16. The standard InChI is InChI=1S/C27H22ClFN2O5/c1-3-35-24-14-18(13-23(28)25(24)36-16-17-5-4-6-21(29)12-17)11-20(15-30)26(32)31-22-9-7-19(8-10-22)27(33)34-2/h4-14H,3,16H2,1-2H3,(H,31,32)/b20-11+. The molecule has 0 fully saturated rings. The topological polar surface area (TPSA) is 97.7 Å². The fraction of sp³-hybridized carbons (Fsp3) is 0.148. The molecular formula is C27H22ClFN2O5. The van der Waals surface area contributed by atoms with Gasteiger partial charge in [-0.15, -0.1) is 0 Å². The number of ether oxygens (including phenoxy) is 3. The SMILES string of the molecule is CCOc1cc(/C=C(\C#N)C(=O)Nc2ccc(C(=O)OC)cc2)cc(Cl)c1OCc1cccc(F)c1. The Balaban J connectivity index is 1.81. The molecule has 0 atom stereocenters. The summed E-state index contributed by atoms with van der Waals surface area (Å²) < 4.78 is 29.5. The molecule has 3 rings (SSSR count). The van der Waals surface area contributed by atoms with Crippen molar-refractivity contribution in [3.63, 3.8) is 0 Å². The van der Waals surface area contributed by atoms with Crippen LogP contribution in [0.3, 0.4) is 0 Å². The van der Waals surface area contributed by atoms with Gasteiger partial charge in [-0.1, -0.05) is 23.7 Å². The quantitative estimate of drug-likeness (QED) is 0.223. The van der Waals surface area contributed by atoms with Gasteiger partial charge in [0.15, 0.2) is 11.5 Å². The first-order chi connectivity index (χ1) is 17.3. The van der Waals surface area contributed by atoms with Crippen molar-refractivity contribution >= 4 is 35.2 Å². The largest absolute Gasteiger partial charge is 0.490 e. The van der Waals surface area contributed by atoms with Gasteiger partial charge < -0.3 is 19.5 Å². The predicted molar refractivity (Wildman–Crippen MR) is 133 cm³/mol. The predicted octanol–water partition coefficient (Wildman–Crippen LogP) is 5.79. The maximum atomic E-state index is 13.5. The molecule has 0 aromatic heterocycles. The first-order valence-corrected chi connectivity index (χ1v) is 11.2. The van der Waals surface area contributed by atoms with E-state index in [0.717, 1.165) is 0 Å². The Bertz CT molecular complexity index is 1330. The Morgan fingerprint density at radius 1 is 1.11 bits per heavy atom. The van der Waals surface area contributed by atoms with Gasteiger partial charge in [0.2, 0.25) is 0 Å². The third kappa shape index (κ3) is 6.84. The summed E-state index contributed by atoms with van der Waals surface area (Å²) in [6.07, 6.45) is 1.36. The average molecular weight is 509 g/mol. The summed E-state index contributed by atoms with van der Waals surface area (Å²) in [5.74, 6) is -0.966. The molecule has 0 saturated heterocycles. The fourth-order valence-corrected chi connectivity index (χ4v) is 3.45. The van der Waals surface area contributed by atoms with E-state index in [0.29, 0.717) is 34.7 Å². The molecule has 9 heteroatoms. The van der Waals surface area contributed by atoms with Crippen molar-refractivity contribution in [1.82, 2.24) is 0 Å². The lowest BCUT2D eigenvalue weighted by Gasteiger charge is -2.15. The molecule has 0 spiro atoms. The van der Waals surface area contributed by atoms with Gasteiger partial charge in [0.1, 0.15) is 24.1 Å². The Morgan fingerprint density at radius 2 is 1.86 bits per heavy atom. The molecular weight excluding hydrogens is 487 g/mol. The highest BCUT2D eigenvalue weighted by Crippen LogP contribution is 2.38. The number of hydrogen-bond donors (Lipinski definition) is 1. The third-order valence-corrected chi connectivity index (χ3v) is 5.12. The Kier molecular flexibility index (Phi) is 9.03. The van der Waals surface area contributed by atoms with Crippen LogP contribution >= 0.6 is 11.6 Å². The number of carbonyl (C=O) groups is 2. The first kappa shape index (κ1) is 26.3. The van der Waals surface area contributed by atoms with Crippen LogP contribution in [0.2, 0.25) is 5.02 Å². The maximum absolute atomic E-state index is 13.5. The van der Waals surface area contributed by atoms with Crippen LogP contribution < -0.4 is 14.8 Å². The number of anilines is 1. The minimum absolute atomic E-state index is 0.0629. The fourth-order valence-electron chi connectivity index (χ4n) is 3.18. The zero-order chi connectivity index (χ0) is 26.1. The van der Waals surface area contributed by atoms with Gasteiger partial charge in [0.05, 0.1) is 24.3 Å². The number of rotatable bonds is 9. The second-order valence-electron chi connectivity index (χ2n) is 7.37. The van der Waals surface area contributed by atoms with E-state index in [4.69, 9.17) is 21.1 Å². The third-order valence-electron chi connectivity index (χ3n) is 4.84. The molecule has 0 aliphatic heterocycles. The molecule has 3 aromatic rings. The second kappa shape index (κ2) is 12.4. The molecule has 0 aliphatic carbocycles. The highest BCUT2D eigenvalue weighted by Gasteiger charge is 2.15. The van der Waals surface area contributed by atoms with Crippen LogP contribution in [0.15, 0.2) is 66.2 Å². The van der Waals surface area contributed by atoms with E-state index in [2.05, 4.69) is 10.1 Å². The molecule has 0 bridgehead atoms. The highest BCUT2D eigenvalue weighted by atomic mass is 35.5. The van der Waals surface area contributed by atoms with E-state index in [1.807, 2.05) is 6.07 Å². The van der Waals surface area contributed by atoms with Gasteiger partial charge in [-0.2, -0.15) is 5.26 Å². The van der Waals surface area contributed by atoms with Crippen molar-refractivity contribution in [2.75, 3.05) is 19.0 Å². The number of amides is 1. The number of halogens is 2. The van der Waals surface area contributed by atoms with E-state index in [1.165, 1.54) is 55.7 Å². The van der Waals surface area contributed by atoms with Crippen molar-refractivity contribution in [3.05, 3.63) is 93.8 Å². The van der Waals surface area contributed by atoms with E-state index in [1.54, 1.807) is 25.1 Å². The summed E-state index contributed by atoms with van der Waals surface area (Å²) in [7, 11) is 1.27. The minimum atomic E-state index is -0.649. The van der Waals surface area contributed by atoms with Crippen LogP contribution in [0, 0.1) is 17.1 Å². The lowest BCUT2D eigenvalue weighted by Crippen LogP contribution is -2.13. The summed E-state index contributed by atoms with van der Waals surface area (Å²) in [4.78, 5) is 24.2. The number of hydrogen-bond acceptors (Lipinski definition) is 6. The van der Waals surface area contributed by atoms with E-state index >= 15 is 0 Å². The van der Waals surface area contributed by atoms with Gasteiger partial charge >= 0.3 is 5.97 Å². The first-order valence-electron chi connectivity index (χ1n) is 10.8. The van der Waals surface area contributed by atoms with Gasteiger partial charge in [-0.05, 0) is 72.7 Å². The van der Waals surface area contributed by atoms with Crippen LogP contribution in [0.1, 0.15) is 28.4 Å². The molecule has 0 aliphatic rings. The number of nitriles is 1. The molecule has 0 radical (unpaired) electrons. The van der Waals surface area contributed by atoms with Crippen LogP contribution in [0.4, 0.5) is 10.1 Å².